The number of hydrogen-bond acceptors (Lipinski definition) is 3. The smallest absolute Gasteiger partial charge is 0.272 e. The maximum atomic E-state index is 12.5. The van der Waals surface area contributed by atoms with Gasteiger partial charge in [-0.2, -0.15) is 0 Å². The number of amides is 1. The van der Waals surface area contributed by atoms with E-state index in [1.807, 2.05) is 30.3 Å². The Balaban J connectivity index is 1.79. The predicted octanol–water partition coefficient (Wildman–Crippen LogP) is 2.61. The Bertz CT molecular complexity index is 663. The van der Waals surface area contributed by atoms with Crippen molar-refractivity contribution < 1.29 is 9.90 Å². The molecule has 2 aromatic rings. The summed E-state index contributed by atoms with van der Waals surface area (Å²) in [5, 5.41) is 11.4. The normalized spacial score (nSPS) is 17.0. The molecule has 1 aromatic carbocycles. The third-order valence-electron chi connectivity index (χ3n) is 4.23. The lowest BCUT2D eigenvalue weighted by Gasteiger charge is -2.28. The third-order valence-corrected chi connectivity index (χ3v) is 4.23. The van der Waals surface area contributed by atoms with Crippen LogP contribution in [-0.2, 0) is 0 Å². The number of para-hydroxylation sites is 1. The van der Waals surface area contributed by atoms with Gasteiger partial charge in [0.2, 0.25) is 0 Å². The lowest BCUT2D eigenvalue weighted by Crippen LogP contribution is -2.42. The summed E-state index contributed by atoms with van der Waals surface area (Å²) in [5.41, 5.74) is 0.524. The number of pyridine rings is 1. The van der Waals surface area contributed by atoms with Crippen LogP contribution in [0.1, 0.15) is 36.2 Å². The summed E-state index contributed by atoms with van der Waals surface area (Å²) in [6.45, 7) is 0.375. The van der Waals surface area contributed by atoms with Crippen molar-refractivity contribution in [3.8, 4) is 0 Å². The van der Waals surface area contributed by atoms with E-state index in [0.29, 0.717) is 12.2 Å². The first kappa shape index (κ1) is 14.0. The van der Waals surface area contributed by atoms with Gasteiger partial charge in [-0.25, -0.2) is 4.98 Å². The average molecular weight is 284 g/mol. The van der Waals surface area contributed by atoms with Crippen molar-refractivity contribution in [1.29, 1.82) is 0 Å². The lowest BCUT2D eigenvalue weighted by molar-refractivity contribution is 0.0155. The van der Waals surface area contributed by atoms with Crippen LogP contribution < -0.4 is 0 Å². The molecule has 4 heteroatoms. The first-order chi connectivity index (χ1) is 10.1. The van der Waals surface area contributed by atoms with Gasteiger partial charge >= 0.3 is 0 Å². The number of carbonyl (C=O) groups excluding carboxylic acids is 1. The van der Waals surface area contributed by atoms with E-state index in [2.05, 4.69) is 4.98 Å². The second kappa shape index (κ2) is 5.45. The van der Waals surface area contributed by atoms with Crippen LogP contribution in [0.25, 0.3) is 10.9 Å². The fraction of sp³-hybridized carbons (Fsp3) is 0.412. The molecule has 1 aliphatic rings. The molecule has 110 valence electrons. The predicted molar refractivity (Wildman–Crippen MR) is 82.1 cm³/mol. The van der Waals surface area contributed by atoms with Gasteiger partial charge < -0.3 is 10.0 Å². The number of aromatic nitrogens is 1. The standard InChI is InChI=1S/C17H20N2O2/c1-19(12-17(21)10-4-5-11-17)16(20)15-9-8-13-6-2-3-7-14(13)18-15/h2-3,6-9,21H,4-5,10-12H2,1H3. The molecule has 0 bridgehead atoms. The van der Waals surface area contributed by atoms with Crippen LogP contribution in [0, 0.1) is 0 Å². The molecule has 0 radical (unpaired) electrons. The quantitative estimate of drug-likeness (QED) is 0.942. The minimum absolute atomic E-state index is 0.138. The molecule has 1 N–H and O–H groups in total. The zero-order chi connectivity index (χ0) is 14.9. The molecular formula is C17H20N2O2. The highest BCUT2D eigenvalue weighted by Gasteiger charge is 2.33. The molecule has 3 rings (SSSR count). The highest BCUT2D eigenvalue weighted by molar-refractivity contribution is 5.94. The summed E-state index contributed by atoms with van der Waals surface area (Å²) in [6.07, 6.45) is 3.62. The van der Waals surface area contributed by atoms with Crippen LogP contribution >= 0.6 is 0 Å². The molecule has 1 saturated carbocycles. The summed E-state index contributed by atoms with van der Waals surface area (Å²) in [5.74, 6) is -0.138. The van der Waals surface area contributed by atoms with Gasteiger partial charge in [-0.3, -0.25) is 4.79 Å². The van der Waals surface area contributed by atoms with Gasteiger partial charge in [-0.15, -0.1) is 0 Å². The largest absolute Gasteiger partial charge is 0.388 e. The molecule has 0 saturated heterocycles. The fourth-order valence-electron chi connectivity index (χ4n) is 3.09. The summed E-state index contributed by atoms with van der Waals surface area (Å²) >= 11 is 0. The summed E-state index contributed by atoms with van der Waals surface area (Å²) in [4.78, 5) is 18.5. The summed E-state index contributed by atoms with van der Waals surface area (Å²) < 4.78 is 0. The zero-order valence-electron chi connectivity index (χ0n) is 12.2. The molecule has 0 aliphatic heterocycles. The van der Waals surface area contributed by atoms with Gasteiger partial charge in [-0.1, -0.05) is 37.1 Å². The van der Waals surface area contributed by atoms with Crippen LogP contribution in [-0.4, -0.2) is 40.1 Å². The Morgan fingerprint density at radius 1 is 1.24 bits per heavy atom. The van der Waals surface area contributed by atoms with Gasteiger partial charge in [-0.05, 0) is 25.0 Å². The average Bonchev–Trinajstić information content (AvgIpc) is 2.92. The van der Waals surface area contributed by atoms with Crippen molar-refractivity contribution in [2.45, 2.75) is 31.3 Å². The van der Waals surface area contributed by atoms with Gasteiger partial charge in [0.05, 0.1) is 11.1 Å². The maximum Gasteiger partial charge on any atom is 0.272 e. The van der Waals surface area contributed by atoms with Crippen LogP contribution in [0.2, 0.25) is 0 Å². The SMILES string of the molecule is CN(CC1(O)CCCC1)C(=O)c1ccc2ccccc2n1. The maximum absolute atomic E-state index is 12.5. The second-order valence-electron chi connectivity index (χ2n) is 5.98. The molecule has 1 fully saturated rings. The highest BCUT2D eigenvalue weighted by Crippen LogP contribution is 2.30. The second-order valence-corrected chi connectivity index (χ2v) is 5.98. The molecule has 1 amide bonds. The molecule has 1 aliphatic carbocycles. The Morgan fingerprint density at radius 2 is 1.95 bits per heavy atom. The van der Waals surface area contributed by atoms with Crippen LogP contribution in [0.15, 0.2) is 36.4 Å². The zero-order valence-corrected chi connectivity index (χ0v) is 12.2. The first-order valence-corrected chi connectivity index (χ1v) is 7.41. The third kappa shape index (κ3) is 2.90. The lowest BCUT2D eigenvalue weighted by atomic mass is 10.0. The molecule has 1 heterocycles. The van der Waals surface area contributed by atoms with Crippen molar-refractivity contribution in [3.63, 3.8) is 0 Å². The van der Waals surface area contributed by atoms with E-state index >= 15 is 0 Å². The van der Waals surface area contributed by atoms with Gasteiger partial charge in [0.1, 0.15) is 5.69 Å². The van der Waals surface area contributed by atoms with E-state index in [-0.39, 0.29) is 5.91 Å². The van der Waals surface area contributed by atoms with Gasteiger partial charge in [0, 0.05) is 19.0 Å². The van der Waals surface area contributed by atoms with E-state index < -0.39 is 5.60 Å². The molecule has 0 unspecified atom stereocenters. The summed E-state index contributed by atoms with van der Waals surface area (Å²) in [7, 11) is 1.73. The molecule has 21 heavy (non-hydrogen) atoms. The number of hydrogen-bond donors (Lipinski definition) is 1. The Kier molecular flexibility index (Phi) is 3.64. The van der Waals surface area contributed by atoms with Crippen molar-refractivity contribution in [1.82, 2.24) is 9.88 Å². The number of likely N-dealkylation sites (N-methyl/N-ethyl adjacent to an activating group) is 1. The first-order valence-electron chi connectivity index (χ1n) is 7.41. The van der Waals surface area contributed by atoms with E-state index in [1.165, 1.54) is 0 Å². The van der Waals surface area contributed by atoms with Crippen LogP contribution in [0.4, 0.5) is 0 Å². The van der Waals surface area contributed by atoms with Gasteiger partial charge in [0.25, 0.3) is 5.91 Å². The molecule has 0 spiro atoms. The number of nitrogens with zero attached hydrogens (tertiary/aromatic N) is 2. The topological polar surface area (TPSA) is 53.4 Å². The Hall–Kier alpha value is -1.94. The van der Waals surface area contributed by atoms with Crippen molar-refractivity contribution in [2.24, 2.45) is 0 Å². The molecular weight excluding hydrogens is 264 g/mol. The van der Waals surface area contributed by atoms with Crippen LogP contribution in [0.3, 0.4) is 0 Å². The Morgan fingerprint density at radius 3 is 2.71 bits per heavy atom. The molecule has 4 nitrogen and oxygen atoms in total. The molecule has 0 atom stereocenters. The monoisotopic (exact) mass is 284 g/mol. The van der Waals surface area contributed by atoms with Crippen molar-refractivity contribution in [2.75, 3.05) is 13.6 Å². The number of carbonyl (C=O) groups is 1. The van der Waals surface area contributed by atoms with Crippen molar-refractivity contribution >= 4 is 16.8 Å². The number of fused-ring (bicyclic) bond motifs is 1. The van der Waals surface area contributed by atoms with Gasteiger partial charge in [0.15, 0.2) is 0 Å². The number of rotatable bonds is 3. The van der Waals surface area contributed by atoms with E-state index in [0.717, 1.165) is 36.6 Å². The van der Waals surface area contributed by atoms with Crippen LogP contribution in [0.5, 0.6) is 0 Å². The molecule has 1 aromatic heterocycles. The minimum Gasteiger partial charge on any atom is -0.388 e. The van der Waals surface area contributed by atoms with E-state index in [1.54, 1.807) is 18.0 Å². The fourth-order valence-corrected chi connectivity index (χ4v) is 3.09. The van der Waals surface area contributed by atoms with Crippen molar-refractivity contribution in [3.05, 3.63) is 42.1 Å². The number of aliphatic hydroxyl groups is 1. The summed E-state index contributed by atoms with van der Waals surface area (Å²) in [6, 6.07) is 11.4. The number of benzene rings is 1. The van der Waals surface area contributed by atoms with E-state index in [9.17, 15) is 9.90 Å². The highest BCUT2D eigenvalue weighted by atomic mass is 16.3. The van der Waals surface area contributed by atoms with E-state index in [4.69, 9.17) is 0 Å². The minimum atomic E-state index is -0.721. The Labute approximate surface area is 124 Å².